The van der Waals surface area contributed by atoms with Crippen LogP contribution in [0, 0.1) is 11.8 Å². The Balaban J connectivity index is 1.15. The lowest BCUT2D eigenvalue weighted by molar-refractivity contribution is 0.0953. The van der Waals surface area contributed by atoms with Crippen molar-refractivity contribution < 1.29 is 4.74 Å². The molecular formula is C34H43N5O2. The number of para-hydroxylation sites is 1. The number of piperidine rings is 1. The average Bonchev–Trinajstić information content (AvgIpc) is 3.02. The molecule has 3 aliphatic rings. The van der Waals surface area contributed by atoms with Crippen LogP contribution in [0.4, 0.5) is 5.69 Å². The molecule has 2 aliphatic heterocycles. The summed E-state index contributed by atoms with van der Waals surface area (Å²) < 4.78 is 8.11. The molecule has 0 spiro atoms. The van der Waals surface area contributed by atoms with Gasteiger partial charge < -0.3 is 9.64 Å². The maximum atomic E-state index is 13.9. The Morgan fingerprint density at radius 3 is 2.20 bits per heavy atom. The van der Waals surface area contributed by atoms with Gasteiger partial charge in [0.15, 0.2) is 0 Å². The smallest absolute Gasteiger partial charge is 0.316 e. The van der Waals surface area contributed by atoms with Gasteiger partial charge in [0, 0.05) is 52.4 Å². The van der Waals surface area contributed by atoms with Crippen molar-refractivity contribution in [2.24, 2.45) is 11.8 Å². The van der Waals surface area contributed by atoms with Gasteiger partial charge in [-0.2, -0.15) is 9.78 Å². The lowest BCUT2D eigenvalue weighted by Crippen LogP contribution is -2.48. The highest BCUT2D eigenvalue weighted by Gasteiger charge is 2.28. The highest BCUT2D eigenvalue weighted by atomic mass is 16.5. The van der Waals surface area contributed by atoms with Gasteiger partial charge in [-0.15, -0.1) is 0 Å². The summed E-state index contributed by atoms with van der Waals surface area (Å²) in [5.74, 6) is 1.81. The van der Waals surface area contributed by atoms with Crippen LogP contribution in [0.2, 0.25) is 0 Å². The number of hydrogen-bond donors (Lipinski definition) is 0. The summed E-state index contributed by atoms with van der Waals surface area (Å²) in [6.07, 6.45) is 11.0. The van der Waals surface area contributed by atoms with Crippen molar-refractivity contribution in [2.45, 2.75) is 45.3 Å². The summed E-state index contributed by atoms with van der Waals surface area (Å²) in [5.41, 5.74) is 2.75. The van der Waals surface area contributed by atoms with Crippen LogP contribution in [0.5, 0.6) is 5.75 Å². The lowest BCUT2D eigenvalue weighted by atomic mass is 9.89. The number of aromatic nitrogens is 2. The summed E-state index contributed by atoms with van der Waals surface area (Å²) in [6, 6.07) is 20.3. The zero-order chi connectivity index (χ0) is 28.0. The zero-order valence-corrected chi connectivity index (χ0v) is 24.3. The standard InChI is InChI=1S/C34H43N5O2/c1-27-12-14-29(15-13-27)26-37-20-22-38(23-21-37)32-24-35-39(30-10-6-3-7-11-30)34(40)33(32)41-31-16-18-36(19-17-31)25-28-8-4-2-5-9-28/h2-12,14,24,27,29,31H,13,15-23,25-26H2,1H3. The van der Waals surface area contributed by atoms with Crippen molar-refractivity contribution in [3.05, 3.63) is 94.9 Å². The second-order valence-corrected chi connectivity index (χ2v) is 12.0. The molecule has 7 heteroatoms. The molecule has 3 aromatic rings. The third kappa shape index (κ3) is 6.91. The number of hydrogen-bond acceptors (Lipinski definition) is 6. The van der Waals surface area contributed by atoms with E-state index in [1.807, 2.05) is 36.5 Å². The molecule has 216 valence electrons. The minimum atomic E-state index is -0.177. The predicted octanol–water partition coefficient (Wildman–Crippen LogP) is 5.00. The van der Waals surface area contributed by atoms with E-state index in [4.69, 9.17) is 4.74 Å². The van der Waals surface area contributed by atoms with Crippen molar-refractivity contribution in [3.8, 4) is 11.4 Å². The minimum absolute atomic E-state index is 0.0156. The first-order valence-electron chi connectivity index (χ1n) is 15.4. The van der Waals surface area contributed by atoms with Crippen molar-refractivity contribution in [1.29, 1.82) is 0 Å². The Labute approximate surface area is 244 Å². The quantitative estimate of drug-likeness (QED) is 0.366. The fraction of sp³-hybridized carbons (Fsp3) is 0.471. The second kappa shape index (κ2) is 13.0. The summed E-state index contributed by atoms with van der Waals surface area (Å²) in [6.45, 7) is 10.0. The van der Waals surface area contributed by atoms with Crippen LogP contribution in [-0.2, 0) is 6.54 Å². The fourth-order valence-electron chi connectivity index (χ4n) is 6.38. The summed E-state index contributed by atoms with van der Waals surface area (Å²) in [5, 5.41) is 4.61. The van der Waals surface area contributed by atoms with E-state index in [0.717, 1.165) is 76.6 Å². The van der Waals surface area contributed by atoms with Gasteiger partial charge in [0.05, 0.1) is 11.9 Å². The maximum absolute atomic E-state index is 13.9. The van der Waals surface area contributed by atoms with E-state index < -0.39 is 0 Å². The number of ether oxygens (including phenoxy) is 1. The maximum Gasteiger partial charge on any atom is 0.316 e. The molecule has 0 radical (unpaired) electrons. The molecule has 1 aromatic heterocycles. The van der Waals surface area contributed by atoms with Crippen LogP contribution in [0.15, 0.2) is 83.8 Å². The Bertz CT molecular complexity index is 1340. The number of allylic oxidation sites excluding steroid dienone is 1. The van der Waals surface area contributed by atoms with Gasteiger partial charge in [0.25, 0.3) is 0 Å². The molecule has 0 N–H and O–H groups in total. The molecule has 2 aromatic carbocycles. The monoisotopic (exact) mass is 553 g/mol. The van der Waals surface area contributed by atoms with Gasteiger partial charge in [-0.3, -0.25) is 14.6 Å². The van der Waals surface area contributed by atoms with Crippen LogP contribution in [0.1, 0.15) is 38.2 Å². The van der Waals surface area contributed by atoms with E-state index in [2.05, 4.69) is 69.2 Å². The first-order valence-corrected chi connectivity index (χ1v) is 15.4. The first kappa shape index (κ1) is 27.7. The number of likely N-dealkylation sites (tertiary alicyclic amines) is 1. The van der Waals surface area contributed by atoms with Crippen LogP contribution >= 0.6 is 0 Å². The molecule has 2 unspecified atom stereocenters. The minimum Gasteiger partial charge on any atom is -0.483 e. The van der Waals surface area contributed by atoms with Gasteiger partial charge in [-0.25, -0.2) is 0 Å². The van der Waals surface area contributed by atoms with Crippen molar-refractivity contribution in [2.75, 3.05) is 50.7 Å². The lowest BCUT2D eigenvalue weighted by Gasteiger charge is -2.38. The van der Waals surface area contributed by atoms with E-state index in [-0.39, 0.29) is 11.7 Å². The number of benzene rings is 2. The molecule has 7 nitrogen and oxygen atoms in total. The number of anilines is 1. The largest absolute Gasteiger partial charge is 0.483 e. The van der Waals surface area contributed by atoms with Crippen molar-refractivity contribution >= 4 is 5.69 Å². The molecule has 2 fully saturated rings. The SMILES string of the molecule is CC1C=CC(CN2CCN(c3cnn(-c4ccccc4)c(=O)c3OC3CCN(Cc4ccccc4)CC3)CC2)CC1. The van der Waals surface area contributed by atoms with Crippen LogP contribution in [-0.4, -0.2) is 71.5 Å². The fourth-order valence-corrected chi connectivity index (χ4v) is 6.38. The number of rotatable bonds is 8. The summed E-state index contributed by atoms with van der Waals surface area (Å²) >= 11 is 0. The van der Waals surface area contributed by atoms with Gasteiger partial charge in [-0.05, 0) is 55.2 Å². The molecular weight excluding hydrogens is 510 g/mol. The molecule has 0 saturated carbocycles. The molecule has 1 aliphatic carbocycles. The van der Waals surface area contributed by atoms with Crippen LogP contribution in [0.3, 0.4) is 0 Å². The van der Waals surface area contributed by atoms with Gasteiger partial charge in [-0.1, -0.05) is 67.6 Å². The van der Waals surface area contributed by atoms with Crippen LogP contribution in [0.25, 0.3) is 5.69 Å². The Hall–Kier alpha value is -3.42. The molecule has 6 rings (SSSR count). The molecule has 41 heavy (non-hydrogen) atoms. The van der Waals surface area contributed by atoms with Gasteiger partial charge >= 0.3 is 5.56 Å². The summed E-state index contributed by atoms with van der Waals surface area (Å²) in [7, 11) is 0. The predicted molar refractivity (Wildman–Crippen MR) is 165 cm³/mol. The normalized spacial score (nSPS) is 22.6. The highest BCUT2D eigenvalue weighted by molar-refractivity contribution is 5.57. The Morgan fingerprint density at radius 1 is 0.805 bits per heavy atom. The average molecular weight is 554 g/mol. The van der Waals surface area contributed by atoms with Gasteiger partial charge in [0.1, 0.15) is 11.8 Å². The third-order valence-electron chi connectivity index (χ3n) is 8.89. The number of nitrogens with zero attached hydrogens (tertiary/aromatic N) is 5. The van der Waals surface area contributed by atoms with E-state index in [9.17, 15) is 4.79 Å². The number of piperazine rings is 1. The van der Waals surface area contributed by atoms with Crippen molar-refractivity contribution in [1.82, 2.24) is 19.6 Å². The molecule has 3 heterocycles. The molecule has 2 saturated heterocycles. The Morgan fingerprint density at radius 2 is 1.51 bits per heavy atom. The third-order valence-corrected chi connectivity index (χ3v) is 8.89. The van der Waals surface area contributed by atoms with E-state index in [0.29, 0.717) is 17.6 Å². The van der Waals surface area contributed by atoms with Crippen molar-refractivity contribution in [3.63, 3.8) is 0 Å². The first-order chi connectivity index (χ1) is 20.1. The van der Waals surface area contributed by atoms with E-state index in [1.165, 1.54) is 23.1 Å². The molecule has 0 amide bonds. The second-order valence-electron chi connectivity index (χ2n) is 12.0. The Kier molecular flexibility index (Phi) is 8.82. The van der Waals surface area contributed by atoms with Crippen LogP contribution < -0.4 is 15.2 Å². The van der Waals surface area contributed by atoms with E-state index in [1.54, 1.807) is 0 Å². The molecule has 2 atom stereocenters. The van der Waals surface area contributed by atoms with E-state index >= 15 is 0 Å². The highest BCUT2D eigenvalue weighted by Crippen LogP contribution is 2.29. The van der Waals surface area contributed by atoms with Gasteiger partial charge in [0.2, 0.25) is 5.75 Å². The summed E-state index contributed by atoms with van der Waals surface area (Å²) in [4.78, 5) is 21.2. The zero-order valence-electron chi connectivity index (χ0n) is 24.3. The topological polar surface area (TPSA) is 53.8 Å². The molecule has 0 bridgehead atoms.